The second-order valence-electron chi connectivity index (χ2n) is 3.49. The Kier molecular flexibility index (Phi) is 8.46. The van der Waals surface area contributed by atoms with Crippen molar-refractivity contribution in [2.45, 2.75) is 65.3 Å². The summed E-state index contributed by atoms with van der Waals surface area (Å²) in [5, 5.41) is 0. The number of ether oxygens (including phenoxy) is 2. The summed E-state index contributed by atoms with van der Waals surface area (Å²) in [4.78, 5) is 0. The van der Waals surface area contributed by atoms with E-state index in [0.29, 0.717) is 6.10 Å². The quantitative estimate of drug-likeness (QED) is 0.544. The normalized spacial score (nSPS) is 15.7. The zero-order valence-corrected chi connectivity index (χ0v) is 9.51. The van der Waals surface area contributed by atoms with E-state index in [9.17, 15) is 0 Å². The molecule has 0 amide bonds. The minimum atomic E-state index is -0.0617. The van der Waals surface area contributed by atoms with Crippen LogP contribution in [-0.2, 0) is 9.47 Å². The second-order valence-corrected chi connectivity index (χ2v) is 3.49. The molecule has 80 valence electrons. The van der Waals surface area contributed by atoms with Crippen molar-refractivity contribution in [3.63, 3.8) is 0 Å². The Hall–Kier alpha value is -0.0800. The average Bonchev–Trinajstić information content (AvgIpc) is 2.14. The molecule has 0 aromatic carbocycles. The molecule has 0 heterocycles. The molecule has 0 spiro atoms. The molecule has 0 bridgehead atoms. The van der Waals surface area contributed by atoms with E-state index in [1.807, 2.05) is 6.92 Å². The Labute approximate surface area is 82.6 Å². The van der Waals surface area contributed by atoms with Gasteiger partial charge in [-0.05, 0) is 19.8 Å². The van der Waals surface area contributed by atoms with Crippen LogP contribution in [0.5, 0.6) is 0 Å². The summed E-state index contributed by atoms with van der Waals surface area (Å²) in [7, 11) is 1.69. The lowest BCUT2D eigenvalue weighted by Gasteiger charge is -2.20. The lowest BCUT2D eigenvalue weighted by molar-refractivity contribution is -0.147. The molecule has 0 rings (SSSR count). The molecule has 2 unspecified atom stereocenters. The van der Waals surface area contributed by atoms with Crippen LogP contribution in [0.25, 0.3) is 0 Å². The van der Waals surface area contributed by atoms with Gasteiger partial charge in [0.2, 0.25) is 0 Å². The van der Waals surface area contributed by atoms with Crippen molar-refractivity contribution in [3.05, 3.63) is 0 Å². The fourth-order valence-corrected chi connectivity index (χ4v) is 1.36. The maximum Gasteiger partial charge on any atom is 0.154 e. The van der Waals surface area contributed by atoms with Gasteiger partial charge >= 0.3 is 0 Å². The van der Waals surface area contributed by atoms with Gasteiger partial charge in [0.1, 0.15) is 0 Å². The zero-order chi connectivity index (χ0) is 10.1. The molecule has 2 atom stereocenters. The molecule has 0 aromatic heterocycles. The van der Waals surface area contributed by atoms with Gasteiger partial charge in [-0.3, -0.25) is 0 Å². The number of unbranched alkanes of at least 4 members (excludes halogenated alkanes) is 1. The van der Waals surface area contributed by atoms with Crippen molar-refractivity contribution in [1.29, 1.82) is 0 Å². The van der Waals surface area contributed by atoms with E-state index >= 15 is 0 Å². The third kappa shape index (κ3) is 7.03. The van der Waals surface area contributed by atoms with Gasteiger partial charge in [-0.1, -0.05) is 33.1 Å². The lowest BCUT2D eigenvalue weighted by atomic mass is 10.1. The van der Waals surface area contributed by atoms with Crippen molar-refractivity contribution in [2.75, 3.05) is 7.11 Å². The van der Waals surface area contributed by atoms with E-state index in [2.05, 4.69) is 13.8 Å². The molecule has 2 nitrogen and oxygen atoms in total. The maximum atomic E-state index is 5.72. The Morgan fingerprint density at radius 2 is 1.77 bits per heavy atom. The van der Waals surface area contributed by atoms with E-state index in [1.54, 1.807) is 7.11 Å². The van der Waals surface area contributed by atoms with Gasteiger partial charge in [0.25, 0.3) is 0 Å². The number of rotatable bonds is 8. The largest absolute Gasteiger partial charge is 0.356 e. The molecular weight excluding hydrogens is 164 g/mol. The SMILES string of the molecule is CCCCC(CCC)OC(C)OC. The highest BCUT2D eigenvalue weighted by atomic mass is 16.7. The van der Waals surface area contributed by atoms with Crippen LogP contribution in [0.2, 0.25) is 0 Å². The van der Waals surface area contributed by atoms with Gasteiger partial charge < -0.3 is 9.47 Å². The molecule has 0 saturated carbocycles. The minimum absolute atomic E-state index is 0.0617. The summed E-state index contributed by atoms with van der Waals surface area (Å²) in [5.74, 6) is 0. The third-order valence-corrected chi connectivity index (χ3v) is 2.21. The van der Waals surface area contributed by atoms with Crippen LogP contribution in [0.3, 0.4) is 0 Å². The van der Waals surface area contributed by atoms with Crippen molar-refractivity contribution < 1.29 is 9.47 Å². The number of methoxy groups -OCH3 is 1. The number of hydrogen-bond acceptors (Lipinski definition) is 2. The zero-order valence-electron chi connectivity index (χ0n) is 9.51. The Morgan fingerprint density at radius 1 is 1.08 bits per heavy atom. The first-order valence-corrected chi connectivity index (χ1v) is 5.42. The first kappa shape index (κ1) is 12.9. The third-order valence-electron chi connectivity index (χ3n) is 2.21. The van der Waals surface area contributed by atoms with E-state index in [-0.39, 0.29) is 6.29 Å². The molecule has 0 radical (unpaired) electrons. The van der Waals surface area contributed by atoms with Gasteiger partial charge in [0, 0.05) is 7.11 Å². The molecule has 0 fully saturated rings. The van der Waals surface area contributed by atoms with Crippen LogP contribution in [0, 0.1) is 0 Å². The Bertz CT molecular complexity index is 104. The van der Waals surface area contributed by atoms with Gasteiger partial charge in [0.15, 0.2) is 6.29 Å². The van der Waals surface area contributed by atoms with Gasteiger partial charge in [-0.15, -0.1) is 0 Å². The highest BCUT2D eigenvalue weighted by Crippen LogP contribution is 2.13. The van der Waals surface area contributed by atoms with Crippen molar-refractivity contribution in [3.8, 4) is 0 Å². The van der Waals surface area contributed by atoms with Gasteiger partial charge in [0.05, 0.1) is 6.10 Å². The highest BCUT2D eigenvalue weighted by molar-refractivity contribution is 4.57. The molecule has 13 heavy (non-hydrogen) atoms. The summed E-state index contributed by atoms with van der Waals surface area (Å²) >= 11 is 0. The molecule has 2 heteroatoms. The predicted molar refractivity (Wildman–Crippen MR) is 55.8 cm³/mol. The van der Waals surface area contributed by atoms with Gasteiger partial charge in [-0.25, -0.2) is 0 Å². The second kappa shape index (κ2) is 8.52. The van der Waals surface area contributed by atoms with Crippen LogP contribution in [0.4, 0.5) is 0 Å². The number of hydrogen-bond donors (Lipinski definition) is 0. The molecule has 0 aliphatic rings. The fraction of sp³-hybridized carbons (Fsp3) is 1.00. The Morgan fingerprint density at radius 3 is 2.23 bits per heavy atom. The monoisotopic (exact) mass is 188 g/mol. The van der Waals surface area contributed by atoms with Crippen LogP contribution < -0.4 is 0 Å². The van der Waals surface area contributed by atoms with Crippen LogP contribution in [0.15, 0.2) is 0 Å². The standard InChI is InChI=1S/C11H24O2/c1-5-7-9-11(8-6-2)13-10(3)12-4/h10-11H,5-9H2,1-4H3. The van der Waals surface area contributed by atoms with E-state index in [4.69, 9.17) is 9.47 Å². The van der Waals surface area contributed by atoms with Crippen LogP contribution in [0.1, 0.15) is 52.9 Å². The highest BCUT2D eigenvalue weighted by Gasteiger charge is 2.10. The first-order valence-electron chi connectivity index (χ1n) is 5.42. The predicted octanol–water partition coefficient (Wildman–Crippen LogP) is 3.35. The van der Waals surface area contributed by atoms with Crippen molar-refractivity contribution in [1.82, 2.24) is 0 Å². The molecular formula is C11H24O2. The summed E-state index contributed by atoms with van der Waals surface area (Å²) in [5.41, 5.74) is 0. The molecule has 0 saturated heterocycles. The van der Waals surface area contributed by atoms with E-state index in [1.165, 1.54) is 19.3 Å². The fourth-order valence-electron chi connectivity index (χ4n) is 1.36. The summed E-state index contributed by atoms with van der Waals surface area (Å²) < 4.78 is 10.8. The lowest BCUT2D eigenvalue weighted by Crippen LogP contribution is -2.21. The topological polar surface area (TPSA) is 18.5 Å². The summed E-state index contributed by atoms with van der Waals surface area (Å²) in [6.45, 7) is 6.36. The van der Waals surface area contributed by atoms with E-state index in [0.717, 1.165) is 12.8 Å². The summed E-state index contributed by atoms with van der Waals surface area (Å²) in [6.07, 6.45) is 6.32. The molecule has 0 N–H and O–H groups in total. The maximum absolute atomic E-state index is 5.72. The molecule has 0 aromatic rings. The Balaban J connectivity index is 3.65. The van der Waals surface area contributed by atoms with Crippen molar-refractivity contribution >= 4 is 0 Å². The van der Waals surface area contributed by atoms with Crippen molar-refractivity contribution in [2.24, 2.45) is 0 Å². The first-order chi connectivity index (χ1) is 6.24. The smallest absolute Gasteiger partial charge is 0.154 e. The average molecular weight is 188 g/mol. The van der Waals surface area contributed by atoms with Gasteiger partial charge in [-0.2, -0.15) is 0 Å². The minimum Gasteiger partial charge on any atom is -0.356 e. The van der Waals surface area contributed by atoms with Crippen LogP contribution >= 0.6 is 0 Å². The van der Waals surface area contributed by atoms with Crippen LogP contribution in [-0.4, -0.2) is 19.5 Å². The summed E-state index contributed by atoms with van der Waals surface area (Å²) in [6, 6.07) is 0. The van der Waals surface area contributed by atoms with E-state index < -0.39 is 0 Å². The molecule has 0 aliphatic carbocycles. The molecule has 0 aliphatic heterocycles.